The summed E-state index contributed by atoms with van der Waals surface area (Å²) in [5.74, 6) is 0.828. The van der Waals surface area contributed by atoms with Gasteiger partial charge in [-0.2, -0.15) is 0 Å². The lowest BCUT2D eigenvalue weighted by Gasteiger charge is -2.23. The molecule has 2 unspecified atom stereocenters. The Balaban J connectivity index is 2.14. The lowest BCUT2D eigenvalue weighted by molar-refractivity contribution is 0.365. The van der Waals surface area contributed by atoms with Crippen LogP contribution in [0.5, 0.6) is 0 Å². The van der Waals surface area contributed by atoms with E-state index in [1.807, 2.05) is 0 Å². The molecule has 0 saturated heterocycles. The molecule has 114 valence electrons. The Bertz CT molecular complexity index is 546. The molecule has 0 aliphatic heterocycles. The number of benzene rings is 2. The topological polar surface area (TPSA) is 12.0 Å². The van der Waals surface area contributed by atoms with Crippen molar-refractivity contribution in [2.45, 2.75) is 52.0 Å². The molecule has 0 aliphatic carbocycles. The number of fused-ring (bicyclic) bond motifs is 1. The van der Waals surface area contributed by atoms with Crippen LogP contribution in [0, 0.1) is 5.92 Å². The van der Waals surface area contributed by atoms with Gasteiger partial charge in [-0.25, -0.2) is 0 Å². The van der Waals surface area contributed by atoms with Crippen molar-refractivity contribution in [1.82, 2.24) is 5.32 Å². The van der Waals surface area contributed by atoms with Crippen LogP contribution in [0.15, 0.2) is 42.5 Å². The lowest BCUT2D eigenvalue weighted by atomic mass is 9.88. The van der Waals surface area contributed by atoms with Crippen molar-refractivity contribution in [2.75, 3.05) is 7.05 Å². The van der Waals surface area contributed by atoms with Crippen LogP contribution in [0.3, 0.4) is 0 Å². The molecular formula is C20H29N. The van der Waals surface area contributed by atoms with Gasteiger partial charge in [-0.1, -0.05) is 75.9 Å². The van der Waals surface area contributed by atoms with Crippen molar-refractivity contribution >= 4 is 10.8 Å². The fourth-order valence-electron chi connectivity index (χ4n) is 3.16. The molecule has 0 saturated carbocycles. The molecule has 0 amide bonds. The standard InChI is InChI=1S/C20H29N/c1-4-6-9-16(5-2)14-20(21-3)19-13-12-17-10-7-8-11-18(17)15-19/h7-8,10-13,15-16,20-21H,4-6,9,14H2,1-3H3. The monoisotopic (exact) mass is 283 g/mol. The highest BCUT2D eigenvalue weighted by molar-refractivity contribution is 5.83. The molecule has 1 N–H and O–H groups in total. The Morgan fingerprint density at radius 1 is 1.00 bits per heavy atom. The van der Waals surface area contributed by atoms with Crippen LogP contribution in [0.25, 0.3) is 10.8 Å². The van der Waals surface area contributed by atoms with Crippen molar-refractivity contribution in [3.05, 3.63) is 48.0 Å². The molecule has 0 aliphatic rings. The summed E-state index contributed by atoms with van der Waals surface area (Å²) >= 11 is 0. The van der Waals surface area contributed by atoms with Gasteiger partial charge in [-0.05, 0) is 41.8 Å². The van der Waals surface area contributed by atoms with Crippen LogP contribution >= 0.6 is 0 Å². The summed E-state index contributed by atoms with van der Waals surface area (Å²) in [5, 5.41) is 6.20. The van der Waals surface area contributed by atoms with E-state index in [2.05, 4.69) is 68.7 Å². The molecule has 1 nitrogen and oxygen atoms in total. The van der Waals surface area contributed by atoms with Gasteiger partial charge in [0.15, 0.2) is 0 Å². The second kappa shape index (κ2) is 8.19. The van der Waals surface area contributed by atoms with Gasteiger partial charge in [-0.15, -0.1) is 0 Å². The Hall–Kier alpha value is -1.34. The van der Waals surface area contributed by atoms with Crippen molar-refractivity contribution in [3.8, 4) is 0 Å². The van der Waals surface area contributed by atoms with Gasteiger partial charge >= 0.3 is 0 Å². The van der Waals surface area contributed by atoms with E-state index in [0.717, 1.165) is 5.92 Å². The Labute approximate surface area is 129 Å². The van der Waals surface area contributed by atoms with Crippen LogP contribution in [0.2, 0.25) is 0 Å². The normalized spacial score (nSPS) is 14.2. The van der Waals surface area contributed by atoms with E-state index in [9.17, 15) is 0 Å². The Morgan fingerprint density at radius 2 is 1.76 bits per heavy atom. The van der Waals surface area contributed by atoms with E-state index < -0.39 is 0 Å². The molecule has 0 bridgehead atoms. The first-order valence-electron chi connectivity index (χ1n) is 8.44. The lowest BCUT2D eigenvalue weighted by Crippen LogP contribution is -2.20. The van der Waals surface area contributed by atoms with E-state index in [1.54, 1.807) is 0 Å². The zero-order chi connectivity index (χ0) is 15.1. The summed E-state index contributed by atoms with van der Waals surface area (Å²) in [5.41, 5.74) is 1.42. The SMILES string of the molecule is CCCCC(CC)CC(NC)c1ccc2ccccc2c1. The third-order valence-electron chi connectivity index (χ3n) is 4.64. The first kappa shape index (κ1) is 16.0. The van der Waals surface area contributed by atoms with Gasteiger partial charge in [0.2, 0.25) is 0 Å². The van der Waals surface area contributed by atoms with Crippen molar-refractivity contribution in [2.24, 2.45) is 5.92 Å². The first-order valence-corrected chi connectivity index (χ1v) is 8.44. The summed E-state index contributed by atoms with van der Waals surface area (Å²) in [6.45, 7) is 4.61. The highest BCUT2D eigenvalue weighted by atomic mass is 14.9. The van der Waals surface area contributed by atoms with E-state index in [-0.39, 0.29) is 0 Å². The van der Waals surface area contributed by atoms with Gasteiger partial charge in [0, 0.05) is 6.04 Å². The summed E-state index contributed by atoms with van der Waals surface area (Å²) < 4.78 is 0. The summed E-state index contributed by atoms with van der Waals surface area (Å²) in [6, 6.07) is 16.0. The molecule has 0 heterocycles. The number of unbranched alkanes of at least 4 members (excludes halogenated alkanes) is 1. The minimum absolute atomic E-state index is 0.469. The highest BCUT2D eigenvalue weighted by Crippen LogP contribution is 2.28. The number of hydrogen-bond acceptors (Lipinski definition) is 1. The van der Waals surface area contributed by atoms with E-state index in [1.165, 1.54) is 48.4 Å². The third-order valence-corrected chi connectivity index (χ3v) is 4.64. The van der Waals surface area contributed by atoms with Gasteiger partial charge in [0.05, 0.1) is 0 Å². The first-order chi connectivity index (χ1) is 10.3. The minimum Gasteiger partial charge on any atom is -0.313 e. The second-order valence-corrected chi connectivity index (χ2v) is 6.10. The predicted molar refractivity (Wildman–Crippen MR) is 93.7 cm³/mol. The predicted octanol–water partition coefficient (Wildman–Crippen LogP) is 5.71. The summed E-state index contributed by atoms with van der Waals surface area (Å²) in [6.07, 6.45) is 6.54. The molecule has 2 rings (SSSR count). The molecular weight excluding hydrogens is 254 g/mol. The van der Waals surface area contributed by atoms with Crippen molar-refractivity contribution < 1.29 is 0 Å². The molecule has 2 aromatic carbocycles. The van der Waals surface area contributed by atoms with Gasteiger partial charge in [-0.3, -0.25) is 0 Å². The number of hydrogen-bond donors (Lipinski definition) is 1. The average molecular weight is 283 g/mol. The van der Waals surface area contributed by atoms with Crippen LogP contribution in [-0.2, 0) is 0 Å². The van der Waals surface area contributed by atoms with Gasteiger partial charge in [0.25, 0.3) is 0 Å². The highest BCUT2D eigenvalue weighted by Gasteiger charge is 2.15. The largest absolute Gasteiger partial charge is 0.313 e. The van der Waals surface area contributed by atoms with Gasteiger partial charge in [0.1, 0.15) is 0 Å². The van der Waals surface area contributed by atoms with Crippen molar-refractivity contribution in [1.29, 1.82) is 0 Å². The van der Waals surface area contributed by atoms with Crippen LogP contribution in [0.1, 0.15) is 57.6 Å². The van der Waals surface area contributed by atoms with E-state index in [0.29, 0.717) is 6.04 Å². The van der Waals surface area contributed by atoms with E-state index in [4.69, 9.17) is 0 Å². The smallest absolute Gasteiger partial charge is 0.0320 e. The fourth-order valence-corrected chi connectivity index (χ4v) is 3.16. The summed E-state index contributed by atoms with van der Waals surface area (Å²) in [4.78, 5) is 0. The van der Waals surface area contributed by atoms with Crippen LogP contribution in [0.4, 0.5) is 0 Å². The zero-order valence-corrected chi connectivity index (χ0v) is 13.7. The van der Waals surface area contributed by atoms with Crippen molar-refractivity contribution in [3.63, 3.8) is 0 Å². The Morgan fingerprint density at radius 3 is 2.43 bits per heavy atom. The zero-order valence-electron chi connectivity index (χ0n) is 13.7. The van der Waals surface area contributed by atoms with Gasteiger partial charge < -0.3 is 5.32 Å². The molecule has 2 atom stereocenters. The minimum atomic E-state index is 0.469. The molecule has 0 radical (unpaired) electrons. The average Bonchev–Trinajstić information content (AvgIpc) is 2.55. The molecule has 0 fully saturated rings. The quantitative estimate of drug-likeness (QED) is 0.654. The van der Waals surface area contributed by atoms with Crippen LogP contribution < -0.4 is 5.32 Å². The molecule has 21 heavy (non-hydrogen) atoms. The summed E-state index contributed by atoms with van der Waals surface area (Å²) in [7, 11) is 2.09. The third kappa shape index (κ3) is 4.31. The maximum absolute atomic E-state index is 3.52. The molecule has 1 heteroatoms. The number of nitrogens with one attached hydrogen (secondary N) is 1. The molecule has 0 spiro atoms. The second-order valence-electron chi connectivity index (χ2n) is 6.10. The van der Waals surface area contributed by atoms with E-state index >= 15 is 0 Å². The maximum Gasteiger partial charge on any atom is 0.0320 e. The van der Waals surface area contributed by atoms with Crippen LogP contribution in [-0.4, -0.2) is 7.05 Å². The number of rotatable bonds is 8. The molecule has 0 aromatic heterocycles. The molecule has 2 aromatic rings. The Kier molecular flexibility index (Phi) is 6.25. The maximum atomic E-state index is 3.52. The fraction of sp³-hybridized carbons (Fsp3) is 0.500.